The fourth-order valence-corrected chi connectivity index (χ4v) is 2.41. The second kappa shape index (κ2) is 7.36. The smallest absolute Gasteiger partial charge is 0.160 e. The van der Waals surface area contributed by atoms with E-state index in [-0.39, 0.29) is 5.38 Å². The molecule has 0 aliphatic carbocycles. The Hall–Kier alpha value is -0.690. The predicted octanol–water partition coefficient (Wildman–Crippen LogP) is 3.16. The van der Waals surface area contributed by atoms with E-state index in [2.05, 4.69) is 25.9 Å². The molecule has 2 heterocycles. The van der Waals surface area contributed by atoms with E-state index in [9.17, 15) is 0 Å². The molecule has 1 atom stereocenters. The molecule has 0 N–H and O–H groups in total. The van der Waals surface area contributed by atoms with Crippen LogP contribution in [0.1, 0.15) is 18.1 Å². The molecule has 0 saturated carbocycles. The Bertz CT molecular complexity index is 574. The fraction of sp³-hybridized carbons (Fsp3) is 0.538. The van der Waals surface area contributed by atoms with Crippen LogP contribution in [0.15, 0.2) is 16.7 Å². The number of pyridine rings is 1. The average molecular weight is 363 g/mol. The van der Waals surface area contributed by atoms with Gasteiger partial charge in [-0.1, -0.05) is 0 Å². The first kappa shape index (κ1) is 15.7. The zero-order chi connectivity index (χ0) is 14.5. The maximum Gasteiger partial charge on any atom is 0.160 e. The normalized spacial score (nSPS) is 13.0. The molecule has 20 heavy (non-hydrogen) atoms. The molecule has 5 nitrogen and oxygen atoms in total. The SMILES string of the molecule is COCCOCCn1c(C(C)Cl)nc2cc(Br)cnc21. The summed E-state index contributed by atoms with van der Waals surface area (Å²) in [4.78, 5) is 8.96. The number of rotatable bonds is 7. The van der Waals surface area contributed by atoms with Crippen LogP contribution in [-0.2, 0) is 16.0 Å². The molecule has 0 aromatic carbocycles. The van der Waals surface area contributed by atoms with E-state index in [1.54, 1.807) is 13.3 Å². The van der Waals surface area contributed by atoms with Crippen molar-refractivity contribution in [2.75, 3.05) is 26.9 Å². The van der Waals surface area contributed by atoms with Gasteiger partial charge in [0.2, 0.25) is 0 Å². The van der Waals surface area contributed by atoms with E-state index >= 15 is 0 Å². The molecule has 2 rings (SSSR count). The monoisotopic (exact) mass is 361 g/mol. The Kier molecular flexibility index (Phi) is 5.77. The van der Waals surface area contributed by atoms with E-state index in [4.69, 9.17) is 21.1 Å². The van der Waals surface area contributed by atoms with E-state index < -0.39 is 0 Å². The minimum absolute atomic E-state index is 0.179. The largest absolute Gasteiger partial charge is 0.382 e. The van der Waals surface area contributed by atoms with Crippen molar-refractivity contribution in [1.29, 1.82) is 0 Å². The van der Waals surface area contributed by atoms with Crippen molar-refractivity contribution in [3.63, 3.8) is 0 Å². The summed E-state index contributed by atoms with van der Waals surface area (Å²) in [5.41, 5.74) is 1.66. The average Bonchev–Trinajstić information content (AvgIpc) is 2.76. The molecule has 2 aromatic rings. The minimum atomic E-state index is -0.179. The molecule has 110 valence electrons. The molecule has 0 radical (unpaired) electrons. The first-order valence-corrected chi connectivity index (χ1v) is 7.59. The molecule has 0 saturated heterocycles. The van der Waals surface area contributed by atoms with Gasteiger partial charge < -0.3 is 14.0 Å². The zero-order valence-electron chi connectivity index (χ0n) is 11.5. The van der Waals surface area contributed by atoms with E-state index in [0.29, 0.717) is 26.4 Å². The van der Waals surface area contributed by atoms with Crippen LogP contribution < -0.4 is 0 Å². The van der Waals surface area contributed by atoms with Gasteiger partial charge in [0.15, 0.2) is 5.65 Å². The summed E-state index contributed by atoms with van der Waals surface area (Å²) in [6, 6.07) is 1.94. The Morgan fingerprint density at radius 3 is 2.90 bits per heavy atom. The first-order chi connectivity index (χ1) is 9.63. The highest BCUT2D eigenvalue weighted by molar-refractivity contribution is 9.10. The van der Waals surface area contributed by atoms with Crippen molar-refractivity contribution in [3.05, 3.63) is 22.6 Å². The van der Waals surface area contributed by atoms with Crippen LogP contribution in [0, 0.1) is 0 Å². The Labute approximate surface area is 131 Å². The third-order valence-corrected chi connectivity index (χ3v) is 3.46. The summed E-state index contributed by atoms with van der Waals surface area (Å²) in [5, 5.41) is -0.179. The molecule has 0 bridgehead atoms. The summed E-state index contributed by atoms with van der Waals surface area (Å²) in [7, 11) is 1.65. The highest BCUT2D eigenvalue weighted by atomic mass is 79.9. The van der Waals surface area contributed by atoms with Gasteiger partial charge in [-0.2, -0.15) is 0 Å². The van der Waals surface area contributed by atoms with Crippen molar-refractivity contribution in [1.82, 2.24) is 14.5 Å². The predicted molar refractivity (Wildman–Crippen MR) is 82.2 cm³/mol. The number of halogens is 2. The highest BCUT2D eigenvalue weighted by Gasteiger charge is 2.15. The quantitative estimate of drug-likeness (QED) is 0.561. The number of imidazole rings is 1. The van der Waals surface area contributed by atoms with Gasteiger partial charge in [-0.05, 0) is 28.9 Å². The lowest BCUT2D eigenvalue weighted by atomic mass is 10.4. The van der Waals surface area contributed by atoms with Crippen molar-refractivity contribution < 1.29 is 9.47 Å². The number of fused-ring (bicyclic) bond motifs is 1. The van der Waals surface area contributed by atoms with E-state index in [0.717, 1.165) is 21.5 Å². The maximum absolute atomic E-state index is 6.20. The number of aromatic nitrogens is 3. The van der Waals surface area contributed by atoms with Crippen molar-refractivity contribution in [2.24, 2.45) is 0 Å². The van der Waals surface area contributed by atoms with Crippen LogP contribution in [0.3, 0.4) is 0 Å². The Morgan fingerprint density at radius 2 is 2.20 bits per heavy atom. The van der Waals surface area contributed by atoms with Gasteiger partial charge >= 0.3 is 0 Å². The standard InChI is InChI=1S/C13H17BrClN3O2/c1-9(15)12-17-11-7-10(14)8-16-13(11)18(12)3-4-20-6-5-19-2/h7-9H,3-6H2,1-2H3. The zero-order valence-corrected chi connectivity index (χ0v) is 13.8. The van der Waals surface area contributed by atoms with E-state index in [1.807, 2.05) is 17.6 Å². The molecular weight excluding hydrogens is 346 g/mol. The van der Waals surface area contributed by atoms with Crippen LogP contribution >= 0.6 is 27.5 Å². The Morgan fingerprint density at radius 1 is 1.40 bits per heavy atom. The number of hydrogen-bond acceptors (Lipinski definition) is 4. The molecule has 0 aliphatic rings. The molecule has 0 spiro atoms. The molecule has 0 fully saturated rings. The van der Waals surface area contributed by atoms with Gasteiger partial charge in [0.25, 0.3) is 0 Å². The summed E-state index contributed by atoms with van der Waals surface area (Å²) < 4.78 is 13.4. The van der Waals surface area contributed by atoms with Gasteiger partial charge in [-0.3, -0.25) is 0 Å². The summed E-state index contributed by atoms with van der Waals surface area (Å²) in [6.45, 7) is 4.31. The lowest BCUT2D eigenvalue weighted by molar-refractivity contribution is 0.0666. The van der Waals surface area contributed by atoms with Crippen LogP contribution in [0.4, 0.5) is 0 Å². The molecule has 7 heteroatoms. The van der Waals surface area contributed by atoms with Gasteiger partial charge in [-0.25, -0.2) is 9.97 Å². The van der Waals surface area contributed by atoms with Crippen LogP contribution in [0.5, 0.6) is 0 Å². The van der Waals surface area contributed by atoms with Crippen LogP contribution in [-0.4, -0.2) is 41.5 Å². The lowest BCUT2D eigenvalue weighted by Crippen LogP contribution is -2.12. The first-order valence-electron chi connectivity index (χ1n) is 6.36. The molecule has 2 aromatic heterocycles. The number of alkyl halides is 1. The molecular formula is C13H17BrClN3O2. The van der Waals surface area contributed by atoms with Crippen LogP contribution in [0.25, 0.3) is 11.2 Å². The van der Waals surface area contributed by atoms with Crippen LogP contribution in [0.2, 0.25) is 0 Å². The van der Waals surface area contributed by atoms with Gasteiger partial charge in [-0.15, -0.1) is 11.6 Å². The third kappa shape index (κ3) is 3.69. The number of nitrogens with zero attached hydrogens (tertiary/aromatic N) is 3. The maximum atomic E-state index is 6.20. The summed E-state index contributed by atoms with van der Waals surface area (Å²) in [5.74, 6) is 0.808. The van der Waals surface area contributed by atoms with Gasteiger partial charge in [0, 0.05) is 24.3 Å². The van der Waals surface area contributed by atoms with Gasteiger partial charge in [0.05, 0.1) is 25.2 Å². The molecule has 0 amide bonds. The highest BCUT2D eigenvalue weighted by Crippen LogP contribution is 2.24. The number of methoxy groups -OCH3 is 1. The Balaban J connectivity index is 2.18. The van der Waals surface area contributed by atoms with Crippen molar-refractivity contribution in [3.8, 4) is 0 Å². The number of hydrogen-bond donors (Lipinski definition) is 0. The number of ether oxygens (including phenoxy) is 2. The topological polar surface area (TPSA) is 49.2 Å². The van der Waals surface area contributed by atoms with Crippen molar-refractivity contribution >= 4 is 38.7 Å². The fourth-order valence-electron chi connectivity index (χ4n) is 1.93. The van der Waals surface area contributed by atoms with Gasteiger partial charge in [0.1, 0.15) is 11.3 Å². The molecule has 1 unspecified atom stereocenters. The van der Waals surface area contributed by atoms with E-state index in [1.165, 1.54) is 0 Å². The lowest BCUT2D eigenvalue weighted by Gasteiger charge is -2.10. The second-order valence-electron chi connectivity index (χ2n) is 4.34. The third-order valence-electron chi connectivity index (χ3n) is 2.83. The second-order valence-corrected chi connectivity index (χ2v) is 5.91. The summed E-state index contributed by atoms with van der Waals surface area (Å²) >= 11 is 9.60. The van der Waals surface area contributed by atoms with Crippen molar-refractivity contribution in [2.45, 2.75) is 18.8 Å². The summed E-state index contributed by atoms with van der Waals surface area (Å²) in [6.07, 6.45) is 1.76. The molecule has 0 aliphatic heterocycles. The minimum Gasteiger partial charge on any atom is -0.382 e.